The average Bonchev–Trinajstić information content (AvgIpc) is 3.10. The van der Waals surface area contributed by atoms with Crippen LogP contribution in [0.5, 0.6) is 5.75 Å². The predicted octanol–water partition coefficient (Wildman–Crippen LogP) is 3.08. The van der Waals surface area contributed by atoms with Crippen LogP contribution in [-0.4, -0.2) is 34.0 Å². The maximum absolute atomic E-state index is 12.8. The van der Waals surface area contributed by atoms with E-state index in [1.54, 1.807) is 6.07 Å². The number of benzene rings is 1. The first-order chi connectivity index (χ1) is 12.3. The van der Waals surface area contributed by atoms with Crippen molar-refractivity contribution >= 4 is 15.9 Å². The Morgan fingerprint density at radius 3 is 2.58 bits per heavy atom. The molecular weight excluding hydrogens is 352 g/mol. The van der Waals surface area contributed by atoms with E-state index in [-0.39, 0.29) is 22.6 Å². The smallest absolute Gasteiger partial charge is 0.251 e. The van der Waals surface area contributed by atoms with E-state index in [0.717, 1.165) is 38.5 Å². The molecule has 1 amide bonds. The highest BCUT2D eigenvalue weighted by Gasteiger charge is 2.26. The molecule has 26 heavy (non-hydrogen) atoms. The summed E-state index contributed by atoms with van der Waals surface area (Å²) < 4.78 is 33.5. The Hall–Kier alpha value is -1.60. The minimum absolute atomic E-state index is 0.0155. The molecule has 0 aromatic heterocycles. The highest BCUT2D eigenvalue weighted by Crippen LogP contribution is 2.27. The van der Waals surface area contributed by atoms with Crippen molar-refractivity contribution < 1.29 is 17.9 Å². The fourth-order valence-electron chi connectivity index (χ4n) is 3.17. The number of ether oxygens (including phenoxy) is 1. The predicted molar refractivity (Wildman–Crippen MR) is 102 cm³/mol. The molecule has 0 atom stereocenters. The number of nitrogens with one attached hydrogen (secondary N) is 2. The van der Waals surface area contributed by atoms with Gasteiger partial charge in [0.1, 0.15) is 10.6 Å². The molecule has 0 spiro atoms. The van der Waals surface area contributed by atoms with Crippen LogP contribution in [0.3, 0.4) is 0 Å². The molecule has 6 nitrogen and oxygen atoms in total. The molecule has 1 aromatic carbocycles. The number of amides is 1. The second kappa shape index (κ2) is 9.37. The molecule has 0 heterocycles. The minimum Gasteiger partial charge on any atom is -0.495 e. The molecule has 2 rings (SSSR count). The lowest BCUT2D eigenvalue weighted by Gasteiger charge is -2.16. The number of rotatable bonds is 9. The van der Waals surface area contributed by atoms with Gasteiger partial charge in [0.2, 0.25) is 10.0 Å². The quantitative estimate of drug-likeness (QED) is 0.643. The molecule has 146 valence electrons. The lowest BCUT2D eigenvalue weighted by molar-refractivity contribution is 0.0952. The van der Waals surface area contributed by atoms with E-state index in [9.17, 15) is 13.2 Å². The highest BCUT2D eigenvalue weighted by molar-refractivity contribution is 7.89. The zero-order chi connectivity index (χ0) is 19.2. The lowest BCUT2D eigenvalue weighted by Crippen LogP contribution is -2.33. The third-order valence-electron chi connectivity index (χ3n) is 4.64. The van der Waals surface area contributed by atoms with E-state index < -0.39 is 10.0 Å². The van der Waals surface area contributed by atoms with Gasteiger partial charge in [-0.1, -0.05) is 26.7 Å². The summed E-state index contributed by atoms with van der Waals surface area (Å²) in [5.74, 6) is 0.562. The van der Waals surface area contributed by atoms with Gasteiger partial charge in [-0.3, -0.25) is 4.79 Å². The van der Waals surface area contributed by atoms with Crippen LogP contribution in [0, 0.1) is 5.92 Å². The Kier molecular flexibility index (Phi) is 7.46. The Morgan fingerprint density at radius 2 is 1.96 bits per heavy atom. The van der Waals surface area contributed by atoms with E-state index in [4.69, 9.17) is 4.74 Å². The van der Waals surface area contributed by atoms with Gasteiger partial charge in [0.25, 0.3) is 5.91 Å². The van der Waals surface area contributed by atoms with Crippen molar-refractivity contribution in [3.8, 4) is 5.75 Å². The Morgan fingerprint density at radius 1 is 1.27 bits per heavy atom. The van der Waals surface area contributed by atoms with Crippen LogP contribution in [0.15, 0.2) is 23.1 Å². The number of sulfonamides is 1. The van der Waals surface area contributed by atoms with Crippen molar-refractivity contribution in [1.82, 2.24) is 10.0 Å². The summed E-state index contributed by atoms with van der Waals surface area (Å²) in [6.45, 7) is 4.85. The zero-order valence-electron chi connectivity index (χ0n) is 15.9. The highest BCUT2D eigenvalue weighted by atomic mass is 32.2. The molecule has 1 aliphatic carbocycles. The van der Waals surface area contributed by atoms with E-state index in [1.165, 1.54) is 19.2 Å². The maximum Gasteiger partial charge on any atom is 0.251 e. The largest absolute Gasteiger partial charge is 0.495 e. The molecule has 1 aliphatic rings. The zero-order valence-corrected chi connectivity index (χ0v) is 16.7. The normalized spacial score (nSPS) is 15.4. The molecule has 7 heteroatoms. The van der Waals surface area contributed by atoms with Crippen LogP contribution in [0.4, 0.5) is 0 Å². The van der Waals surface area contributed by atoms with Gasteiger partial charge < -0.3 is 10.1 Å². The van der Waals surface area contributed by atoms with Gasteiger partial charge in [-0.2, -0.15) is 0 Å². The van der Waals surface area contributed by atoms with Gasteiger partial charge in [-0.05, 0) is 49.8 Å². The summed E-state index contributed by atoms with van der Waals surface area (Å²) in [5, 5.41) is 2.85. The Balaban J connectivity index is 2.12. The molecular formula is C19H30N2O4S. The minimum atomic E-state index is -3.73. The fourth-order valence-corrected chi connectivity index (χ4v) is 4.67. The summed E-state index contributed by atoms with van der Waals surface area (Å²) >= 11 is 0. The first-order valence-electron chi connectivity index (χ1n) is 9.32. The van der Waals surface area contributed by atoms with Crippen LogP contribution in [0.25, 0.3) is 0 Å². The standard InChI is InChI=1S/C19H30N2O4S/c1-14(2)7-6-12-20-19(22)15-10-11-17(25-3)18(13-15)26(23,24)21-16-8-4-5-9-16/h10-11,13-14,16,21H,4-9,12H2,1-3H3,(H,20,22). The van der Waals surface area contributed by atoms with E-state index in [2.05, 4.69) is 23.9 Å². The number of carbonyl (C=O) groups is 1. The molecule has 1 fully saturated rings. The second-order valence-electron chi connectivity index (χ2n) is 7.26. The second-order valence-corrected chi connectivity index (χ2v) is 8.94. The van der Waals surface area contributed by atoms with Gasteiger partial charge in [0.05, 0.1) is 7.11 Å². The lowest BCUT2D eigenvalue weighted by atomic mass is 10.1. The molecule has 0 saturated heterocycles. The fraction of sp³-hybridized carbons (Fsp3) is 0.632. The number of methoxy groups -OCH3 is 1. The summed E-state index contributed by atoms with van der Waals surface area (Å²) in [4.78, 5) is 12.4. The molecule has 1 saturated carbocycles. The monoisotopic (exact) mass is 382 g/mol. The molecule has 0 unspecified atom stereocenters. The molecule has 0 aliphatic heterocycles. The SMILES string of the molecule is COc1ccc(C(=O)NCCCC(C)C)cc1S(=O)(=O)NC1CCCC1. The van der Waals surface area contributed by atoms with Crippen LogP contribution in [0.2, 0.25) is 0 Å². The van der Waals surface area contributed by atoms with Gasteiger partial charge in [0.15, 0.2) is 0 Å². The number of hydrogen-bond donors (Lipinski definition) is 2. The summed E-state index contributed by atoms with van der Waals surface area (Å²) in [6.07, 6.45) is 5.68. The first-order valence-corrected chi connectivity index (χ1v) is 10.8. The van der Waals surface area contributed by atoms with Gasteiger partial charge in [0, 0.05) is 18.2 Å². The van der Waals surface area contributed by atoms with E-state index >= 15 is 0 Å². The number of carbonyl (C=O) groups excluding carboxylic acids is 1. The summed E-state index contributed by atoms with van der Waals surface area (Å²) in [7, 11) is -2.31. The van der Waals surface area contributed by atoms with Crippen molar-refractivity contribution in [1.29, 1.82) is 0 Å². The molecule has 0 bridgehead atoms. The Labute approximate surface area is 156 Å². The maximum atomic E-state index is 12.8. The van der Waals surface area contributed by atoms with Crippen LogP contribution in [0.1, 0.15) is 62.7 Å². The van der Waals surface area contributed by atoms with Crippen LogP contribution < -0.4 is 14.8 Å². The van der Waals surface area contributed by atoms with Crippen molar-refractivity contribution in [2.75, 3.05) is 13.7 Å². The van der Waals surface area contributed by atoms with Gasteiger partial charge in [-0.25, -0.2) is 13.1 Å². The summed E-state index contributed by atoms with van der Waals surface area (Å²) in [5.41, 5.74) is 0.321. The molecule has 0 radical (unpaired) electrons. The van der Waals surface area contributed by atoms with E-state index in [1.807, 2.05) is 0 Å². The number of hydrogen-bond acceptors (Lipinski definition) is 4. The van der Waals surface area contributed by atoms with Crippen molar-refractivity contribution in [2.45, 2.75) is 63.3 Å². The van der Waals surface area contributed by atoms with Crippen molar-refractivity contribution in [2.24, 2.45) is 5.92 Å². The Bertz CT molecular complexity index is 710. The first kappa shape index (κ1) is 20.7. The van der Waals surface area contributed by atoms with E-state index in [0.29, 0.717) is 18.0 Å². The topological polar surface area (TPSA) is 84.5 Å². The van der Waals surface area contributed by atoms with Crippen LogP contribution >= 0.6 is 0 Å². The van der Waals surface area contributed by atoms with Gasteiger partial charge >= 0.3 is 0 Å². The third kappa shape index (κ3) is 5.71. The molecule has 2 N–H and O–H groups in total. The van der Waals surface area contributed by atoms with Crippen molar-refractivity contribution in [3.63, 3.8) is 0 Å². The van der Waals surface area contributed by atoms with Crippen LogP contribution in [-0.2, 0) is 10.0 Å². The van der Waals surface area contributed by atoms with Gasteiger partial charge in [-0.15, -0.1) is 0 Å². The third-order valence-corrected chi connectivity index (χ3v) is 6.18. The van der Waals surface area contributed by atoms with Crippen molar-refractivity contribution in [3.05, 3.63) is 23.8 Å². The average molecular weight is 383 g/mol. The molecule has 1 aromatic rings. The summed E-state index contributed by atoms with van der Waals surface area (Å²) in [6, 6.07) is 4.48.